The summed E-state index contributed by atoms with van der Waals surface area (Å²) in [7, 11) is 0. The summed E-state index contributed by atoms with van der Waals surface area (Å²) in [6, 6.07) is 2.60. The predicted molar refractivity (Wildman–Crippen MR) is 66.6 cm³/mol. The summed E-state index contributed by atoms with van der Waals surface area (Å²) >= 11 is 4.92. The van der Waals surface area contributed by atoms with E-state index in [0.29, 0.717) is 12.6 Å². The number of thiophene rings is 1. The van der Waals surface area contributed by atoms with Crippen molar-refractivity contribution >= 4 is 33.0 Å². The molecule has 82 valence electrons. The van der Waals surface area contributed by atoms with Crippen molar-refractivity contribution in [1.82, 2.24) is 4.90 Å². The lowest BCUT2D eigenvalue weighted by Crippen LogP contribution is -2.31. The fourth-order valence-corrected chi connectivity index (χ4v) is 3.21. The molecular weight excluding hydrogens is 274 g/mol. The number of hydrogen-bond acceptors (Lipinski definition) is 3. The highest BCUT2D eigenvalue weighted by Gasteiger charge is 2.29. The molecule has 1 aliphatic rings. The first-order valence-corrected chi connectivity index (χ1v) is 6.90. The van der Waals surface area contributed by atoms with Crippen molar-refractivity contribution in [1.29, 1.82) is 0 Å². The SMILES string of the molecule is CCN(CC(=O)c1sccc1Br)C1CC1. The van der Waals surface area contributed by atoms with E-state index in [1.54, 1.807) is 0 Å². The van der Waals surface area contributed by atoms with Crippen LogP contribution in [0.2, 0.25) is 0 Å². The Kier molecular flexibility index (Phi) is 3.59. The molecular formula is C11H14BrNOS. The van der Waals surface area contributed by atoms with Gasteiger partial charge in [-0.25, -0.2) is 0 Å². The molecule has 0 bridgehead atoms. The summed E-state index contributed by atoms with van der Waals surface area (Å²) in [6.45, 7) is 3.66. The Morgan fingerprint density at radius 1 is 1.67 bits per heavy atom. The number of carbonyl (C=O) groups excluding carboxylic acids is 1. The van der Waals surface area contributed by atoms with Crippen LogP contribution in [0.3, 0.4) is 0 Å². The van der Waals surface area contributed by atoms with Crippen LogP contribution >= 0.6 is 27.3 Å². The molecule has 2 rings (SSSR count). The largest absolute Gasteiger partial charge is 0.293 e. The summed E-state index contributed by atoms with van der Waals surface area (Å²) in [4.78, 5) is 15.1. The van der Waals surface area contributed by atoms with Crippen molar-refractivity contribution in [3.8, 4) is 0 Å². The molecule has 0 unspecified atom stereocenters. The van der Waals surface area contributed by atoms with Crippen molar-refractivity contribution in [3.05, 3.63) is 20.8 Å². The average molecular weight is 288 g/mol. The van der Waals surface area contributed by atoms with Gasteiger partial charge in [-0.15, -0.1) is 11.3 Å². The van der Waals surface area contributed by atoms with Gasteiger partial charge >= 0.3 is 0 Å². The standard InChI is InChI=1S/C11H14BrNOS/c1-2-13(8-3-4-8)7-10(14)11-9(12)5-6-15-11/h5-6,8H,2-4,7H2,1H3. The van der Waals surface area contributed by atoms with Crippen molar-refractivity contribution in [2.75, 3.05) is 13.1 Å². The zero-order chi connectivity index (χ0) is 10.8. The zero-order valence-corrected chi connectivity index (χ0v) is 11.1. The lowest BCUT2D eigenvalue weighted by atomic mass is 10.3. The summed E-state index contributed by atoms with van der Waals surface area (Å²) in [6.07, 6.45) is 2.51. The third-order valence-electron chi connectivity index (χ3n) is 2.69. The number of Topliss-reactive ketones (excluding diaryl/α,β-unsaturated/α-hetero) is 1. The molecule has 0 atom stereocenters. The van der Waals surface area contributed by atoms with Gasteiger partial charge in [0.05, 0.1) is 11.4 Å². The smallest absolute Gasteiger partial charge is 0.187 e. The molecule has 1 aromatic rings. The first-order valence-electron chi connectivity index (χ1n) is 5.22. The molecule has 0 radical (unpaired) electrons. The summed E-state index contributed by atoms with van der Waals surface area (Å²) in [5.74, 6) is 0.241. The molecule has 4 heteroatoms. The molecule has 0 aromatic carbocycles. The second-order valence-electron chi connectivity index (χ2n) is 3.82. The van der Waals surface area contributed by atoms with Crippen molar-refractivity contribution < 1.29 is 4.79 Å². The van der Waals surface area contributed by atoms with Crippen LogP contribution in [0.25, 0.3) is 0 Å². The van der Waals surface area contributed by atoms with Gasteiger partial charge in [0.25, 0.3) is 0 Å². The molecule has 1 saturated carbocycles. The van der Waals surface area contributed by atoms with Crippen LogP contribution < -0.4 is 0 Å². The number of ketones is 1. The third kappa shape index (κ3) is 2.68. The van der Waals surface area contributed by atoms with Gasteiger partial charge in [-0.3, -0.25) is 9.69 Å². The first kappa shape index (κ1) is 11.3. The molecule has 0 N–H and O–H groups in total. The lowest BCUT2D eigenvalue weighted by Gasteiger charge is -2.18. The van der Waals surface area contributed by atoms with Gasteiger partial charge in [-0.1, -0.05) is 6.92 Å². The van der Waals surface area contributed by atoms with E-state index in [1.165, 1.54) is 24.2 Å². The Bertz CT molecular complexity index is 359. The fourth-order valence-electron chi connectivity index (χ4n) is 1.69. The molecule has 1 aliphatic carbocycles. The molecule has 0 aliphatic heterocycles. The van der Waals surface area contributed by atoms with E-state index in [4.69, 9.17) is 0 Å². The van der Waals surface area contributed by atoms with Crippen LogP contribution in [0.4, 0.5) is 0 Å². The topological polar surface area (TPSA) is 20.3 Å². The van der Waals surface area contributed by atoms with E-state index in [1.807, 2.05) is 11.4 Å². The highest BCUT2D eigenvalue weighted by Crippen LogP contribution is 2.28. The minimum absolute atomic E-state index is 0.241. The van der Waals surface area contributed by atoms with Gasteiger partial charge in [0.1, 0.15) is 0 Å². The molecule has 0 amide bonds. The van der Waals surface area contributed by atoms with Gasteiger partial charge in [0.15, 0.2) is 5.78 Å². The van der Waals surface area contributed by atoms with E-state index in [0.717, 1.165) is 15.9 Å². The van der Waals surface area contributed by atoms with E-state index in [-0.39, 0.29) is 5.78 Å². The first-order chi connectivity index (χ1) is 7.22. The van der Waals surface area contributed by atoms with Gasteiger partial charge < -0.3 is 0 Å². The monoisotopic (exact) mass is 287 g/mol. The Balaban J connectivity index is 1.99. The van der Waals surface area contributed by atoms with Crippen molar-refractivity contribution in [2.24, 2.45) is 0 Å². The number of hydrogen-bond donors (Lipinski definition) is 0. The summed E-state index contributed by atoms with van der Waals surface area (Å²) < 4.78 is 0.935. The Hall–Kier alpha value is -0.190. The van der Waals surface area contributed by atoms with Gasteiger partial charge in [-0.2, -0.15) is 0 Å². The molecule has 15 heavy (non-hydrogen) atoms. The predicted octanol–water partition coefficient (Wildman–Crippen LogP) is 3.18. The normalized spacial score (nSPS) is 15.9. The molecule has 0 saturated heterocycles. The molecule has 2 nitrogen and oxygen atoms in total. The van der Waals surface area contributed by atoms with Gasteiger partial charge in [-0.05, 0) is 46.8 Å². The lowest BCUT2D eigenvalue weighted by molar-refractivity contribution is 0.0932. The van der Waals surface area contributed by atoms with Crippen molar-refractivity contribution in [3.63, 3.8) is 0 Å². The minimum atomic E-state index is 0.241. The summed E-state index contributed by atoms with van der Waals surface area (Å²) in [5.41, 5.74) is 0. The zero-order valence-electron chi connectivity index (χ0n) is 8.70. The van der Waals surface area contributed by atoms with E-state index < -0.39 is 0 Å². The highest BCUT2D eigenvalue weighted by atomic mass is 79.9. The van der Waals surface area contributed by atoms with Crippen LogP contribution in [0.1, 0.15) is 29.4 Å². The van der Waals surface area contributed by atoms with Crippen LogP contribution in [0.5, 0.6) is 0 Å². The number of likely N-dealkylation sites (N-methyl/N-ethyl adjacent to an activating group) is 1. The number of nitrogens with zero attached hydrogens (tertiary/aromatic N) is 1. The van der Waals surface area contributed by atoms with E-state index in [2.05, 4.69) is 27.8 Å². The fraction of sp³-hybridized carbons (Fsp3) is 0.545. The maximum absolute atomic E-state index is 12.0. The Morgan fingerprint density at radius 2 is 2.40 bits per heavy atom. The van der Waals surface area contributed by atoms with Crippen LogP contribution in [0.15, 0.2) is 15.9 Å². The second-order valence-corrected chi connectivity index (χ2v) is 5.59. The van der Waals surface area contributed by atoms with E-state index >= 15 is 0 Å². The maximum atomic E-state index is 12.0. The van der Waals surface area contributed by atoms with Crippen molar-refractivity contribution in [2.45, 2.75) is 25.8 Å². The molecule has 1 aromatic heterocycles. The summed E-state index contributed by atoms with van der Waals surface area (Å²) in [5, 5.41) is 1.95. The Morgan fingerprint density at radius 3 is 2.87 bits per heavy atom. The van der Waals surface area contributed by atoms with Gasteiger partial charge in [0, 0.05) is 10.5 Å². The van der Waals surface area contributed by atoms with Crippen LogP contribution in [-0.2, 0) is 0 Å². The molecule has 0 spiro atoms. The average Bonchev–Trinajstić information content (AvgIpc) is 2.97. The number of halogens is 1. The van der Waals surface area contributed by atoms with E-state index in [9.17, 15) is 4.79 Å². The minimum Gasteiger partial charge on any atom is -0.293 e. The maximum Gasteiger partial charge on any atom is 0.187 e. The third-order valence-corrected chi connectivity index (χ3v) is 4.57. The number of rotatable bonds is 5. The molecule has 1 heterocycles. The number of carbonyl (C=O) groups is 1. The highest BCUT2D eigenvalue weighted by molar-refractivity contribution is 9.10. The van der Waals surface area contributed by atoms with Crippen LogP contribution in [-0.4, -0.2) is 29.8 Å². The van der Waals surface area contributed by atoms with Crippen LogP contribution in [0, 0.1) is 0 Å². The quantitative estimate of drug-likeness (QED) is 0.776. The second kappa shape index (κ2) is 4.76. The Labute approximate surface area is 102 Å². The van der Waals surface area contributed by atoms with Gasteiger partial charge in [0.2, 0.25) is 0 Å². The molecule has 1 fully saturated rings.